The molecule has 0 fully saturated rings. The highest BCUT2D eigenvalue weighted by Crippen LogP contribution is 2.30. The summed E-state index contributed by atoms with van der Waals surface area (Å²) in [5, 5.41) is 1.04. The molecule has 0 N–H and O–H groups in total. The lowest BCUT2D eigenvalue weighted by atomic mass is 10.2. The van der Waals surface area contributed by atoms with Gasteiger partial charge in [-0.25, -0.2) is 13.1 Å². The van der Waals surface area contributed by atoms with Crippen molar-refractivity contribution in [3.8, 4) is 5.69 Å². The summed E-state index contributed by atoms with van der Waals surface area (Å²) in [5.74, 6) is -1.06. The number of amides is 1. The predicted octanol–water partition coefficient (Wildman–Crippen LogP) is 2.25. The van der Waals surface area contributed by atoms with Gasteiger partial charge in [-0.05, 0) is 12.1 Å². The van der Waals surface area contributed by atoms with Gasteiger partial charge in [0.1, 0.15) is 5.69 Å². The fraction of sp³-hybridized carbons (Fsp3) is 0.357. The van der Waals surface area contributed by atoms with Crippen molar-refractivity contribution in [3.05, 3.63) is 35.9 Å². The van der Waals surface area contributed by atoms with Crippen molar-refractivity contribution in [2.45, 2.75) is 17.8 Å². The van der Waals surface area contributed by atoms with Crippen molar-refractivity contribution in [2.75, 3.05) is 18.2 Å². The number of aromatic nitrogens is 3. The Bertz CT molecular complexity index is 900. The fourth-order valence-corrected chi connectivity index (χ4v) is 3.32. The van der Waals surface area contributed by atoms with Gasteiger partial charge < -0.3 is 4.90 Å². The van der Waals surface area contributed by atoms with Gasteiger partial charge in [0, 0.05) is 19.5 Å². The summed E-state index contributed by atoms with van der Waals surface area (Å²) in [6.45, 7) is 0. The first-order valence-corrected chi connectivity index (χ1v) is 9.42. The fourth-order valence-electron chi connectivity index (χ4n) is 2.13. The zero-order valence-corrected chi connectivity index (χ0v) is 15.2. The first-order valence-electron chi connectivity index (χ1n) is 7.09. The Kier molecular flexibility index (Phi) is 5.61. The summed E-state index contributed by atoms with van der Waals surface area (Å²) in [6.07, 6.45) is -1.54. The third-order valence-corrected chi connectivity index (χ3v) is 5.28. The standard InChI is InChI=1S/C14H14ClF3N4O3S/c1-21(12(23)6-11(14(16,17)18)26(2,24)25)10-8-22(20-13(10)15)9-4-3-5-19-7-9/h3-5,7-8,11H,6H2,1-2H3. The van der Waals surface area contributed by atoms with Gasteiger partial charge in [-0.2, -0.15) is 18.3 Å². The van der Waals surface area contributed by atoms with Crippen molar-refractivity contribution in [1.82, 2.24) is 14.8 Å². The third kappa shape index (κ3) is 4.52. The second-order valence-electron chi connectivity index (χ2n) is 5.48. The van der Waals surface area contributed by atoms with E-state index in [0.29, 0.717) is 11.9 Å². The molecule has 2 heterocycles. The molecule has 0 aliphatic rings. The summed E-state index contributed by atoms with van der Waals surface area (Å²) in [6, 6.07) is 3.30. The van der Waals surface area contributed by atoms with Crippen LogP contribution >= 0.6 is 11.6 Å². The van der Waals surface area contributed by atoms with Crippen molar-refractivity contribution in [2.24, 2.45) is 0 Å². The molecule has 0 spiro atoms. The monoisotopic (exact) mass is 410 g/mol. The van der Waals surface area contributed by atoms with Crippen molar-refractivity contribution >= 4 is 33.0 Å². The zero-order chi connectivity index (χ0) is 19.7. The zero-order valence-electron chi connectivity index (χ0n) is 13.6. The summed E-state index contributed by atoms with van der Waals surface area (Å²) >= 11 is 5.96. The number of rotatable bonds is 5. The van der Waals surface area contributed by atoms with Gasteiger partial charge >= 0.3 is 6.18 Å². The number of halogens is 4. The van der Waals surface area contributed by atoms with Gasteiger partial charge in [0.2, 0.25) is 5.91 Å². The molecule has 2 aromatic heterocycles. The lowest BCUT2D eigenvalue weighted by Gasteiger charge is -2.21. The molecule has 1 amide bonds. The van der Waals surface area contributed by atoms with Gasteiger partial charge in [-0.3, -0.25) is 9.78 Å². The van der Waals surface area contributed by atoms with E-state index in [2.05, 4.69) is 10.1 Å². The Balaban J connectivity index is 2.27. The summed E-state index contributed by atoms with van der Waals surface area (Å²) in [4.78, 5) is 16.9. The van der Waals surface area contributed by atoms with E-state index in [9.17, 15) is 26.4 Å². The van der Waals surface area contributed by atoms with Crippen LogP contribution in [0.15, 0.2) is 30.7 Å². The predicted molar refractivity (Wildman–Crippen MR) is 89.1 cm³/mol. The molecular formula is C14H14ClF3N4O3S. The van der Waals surface area contributed by atoms with E-state index in [1.807, 2.05) is 0 Å². The van der Waals surface area contributed by atoms with Crippen LogP contribution in [0.3, 0.4) is 0 Å². The molecule has 0 radical (unpaired) electrons. The minimum Gasteiger partial charge on any atom is -0.311 e. The summed E-state index contributed by atoms with van der Waals surface area (Å²) in [7, 11) is -3.33. The van der Waals surface area contributed by atoms with Gasteiger partial charge in [0.25, 0.3) is 0 Å². The average molecular weight is 411 g/mol. The van der Waals surface area contributed by atoms with Crippen LogP contribution in [0.5, 0.6) is 0 Å². The number of alkyl halides is 3. The second-order valence-corrected chi connectivity index (χ2v) is 8.06. The van der Waals surface area contributed by atoms with Gasteiger partial charge in [-0.15, -0.1) is 0 Å². The topological polar surface area (TPSA) is 85.2 Å². The van der Waals surface area contributed by atoms with E-state index < -0.39 is 33.6 Å². The van der Waals surface area contributed by atoms with Crippen LogP contribution in [0, 0.1) is 0 Å². The lowest BCUT2D eigenvalue weighted by molar-refractivity contribution is -0.139. The highest BCUT2D eigenvalue weighted by molar-refractivity contribution is 7.91. The van der Waals surface area contributed by atoms with Crippen LogP contribution in [0.2, 0.25) is 5.15 Å². The molecule has 0 aliphatic heterocycles. The molecular weight excluding hydrogens is 397 g/mol. The largest absolute Gasteiger partial charge is 0.405 e. The van der Waals surface area contributed by atoms with E-state index in [4.69, 9.17) is 11.6 Å². The molecule has 0 aliphatic carbocycles. The van der Waals surface area contributed by atoms with E-state index in [0.717, 1.165) is 4.90 Å². The number of pyridine rings is 1. The molecule has 2 aromatic rings. The van der Waals surface area contributed by atoms with Crippen LogP contribution in [-0.4, -0.2) is 53.8 Å². The Morgan fingerprint density at radius 3 is 2.58 bits per heavy atom. The number of nitrogens with zero attached hydrogens (tertiary/aromatic N) is 4. The van der Waals surface area contributed by atoms with Crippen LogP contribution in [0.25, 0.3) is 5.69 Å². The molecule has 1 atom stereocenters. The number of sulfone groups is 1. The Morgan fingerprint density at radius 1 is 1.42 bits per heavy atom. The second kappa shape index (κ2) is 7.23. The third-order valence-electron chi connectivity index (χ3n) is 3.54. The normalized spacial score (nSPS) is 13.5. The first kappa shape index (κ1) is 20.2. The first-order chi connectivity index (χ1) is 11.9. The van der Waals surface area contributed by atoms with E-state index in [1.165, 1.54) is 30.3 Å². The maximum atomic E-state index is 12.9. The van der Waals surface area contributed by atoms with Crippen LogP contribution in [0.1, 0.15) is 6.42 Å². The molecule has 0 saturated carbocycles. The molecule has 26 heavy (non-hydrogen) atoms. The van der Waals surface area contributed by atoms with E-state index in [-0.39, 0.29) is 10.8 Å². The van der Waals surface area contributed by atoms with Crippen LogP contribution < -0.4 is 4.90 Å². The van der Waals surface area contributed by atoms with E-state index >= 15 is 0 Å². The summed E-state index contributed by atoms with van der Waals surface area (Å²) < 4.78 is 62.9. The molecule has 2 rings (SSSR count). The number of anilines is 1. The maximum absolute atomic E-state index is 12.9. The lowest BCUT2D eigenvalue weighted by Crippen LogP contribution is -2.41. The van der Waals surface area contributed by atoms with Gasteiger partial charge in [-0.1, -0.05) is 11.6 Å². The Hall–Kier alpha value is -2.14. The van der Waals surface area contributed by atoms with Crippen LogP contribution in [-0.2, 0) is 14.6 Å². The molecule has 0 saturated heterocycles. The molecule has 7 nitrogen and oxygen atoms in total. The smallest absolute Gasteiger partial charge is 0.311 e. The number of carbonyl (C=O) groups excluding carboxylic acids is 1. The van der Waals surface area contributed by atoms with Gasteiger partial charge in [0.15, 0.2) is 20.2 Å². The SMILES string of the molecule is CN(C(=O)CC(C(F)(F)F)S(C)(=O)=O)c1cn(-c2cccnc2)nc1Cl. The average Bonchev–Trinajstić information content (AvgIpc) is 2.92. The molecule has 0 bridgehead atoms. The molecule has 1 unspecified atom stereocenters. The number of hydrogen-bond donors (Lipinski definition) is 0. The Labute approximate surface area is 152 Å². The van der Waals surface area contributed by atoms with Crippen molar-refractivity contribution in [3.63, 3.8) is 0 Å². The van der Waals surface area contributed by atoms with Gasteiger partial charge in [0.05, 0.1) is 24.5 Å². The minimum atomic E-state index is -5.06. The van der Waals surface area contributed by atoms with E-state index in [1.54, 1.807) is 12.1 Å². The quantitative estimate of drug-likeness (QED) is 0.754. The van der Waals surface area contributed by atoms with Crippen molar-refractivity contribution in [1.29, 1.82) is 0 Å². The molecule has 12 heteroatoms. The maximum Gasteiger partial charge on any atom is 0.405 e. The number of carbonyl (C=O) groups is 1. The highest BCUT2D eigenvalue weighted by Gasteiger charge is 2.48. The highest BCUT2D eigenvalue weighted by atomic mass is 35.5. The molecule has 0 aromatic carbocycles. The Morgan fingerprint density at radius 2 is 2.08 bits per heavy atom. The molecule has 142 valence electrons. The number of hydrogen-bond acceptors (Lipinski definition) is 5. The summed E-state index contributed by atoms with van der Waals surface area (Å²) in [5.41, 5.74) is 0.556. The van der Waals surface area contributed by atoms with Crippen LogP contribution in [0.4, 0.5) is 18.9 Å². The van der Waals surface area contributed by atoms with Crippen molar-refractivity contribution < 1.29 is 26.4 Å². The minimum absolute atomic E-state index is 0.0370.